The largest absolute Gasteiger partial charge is 0.480 e. The van der Waals surface area contributed by atoms with Crippen molar-refractivity contribution in [2.24, 2.45) is 0 Å². The van der Waals surface area contributed by atoms with E-state index in [1.165, 1.54) is 9.30 Å². The van der Waals surface area contributed by atoms with Crippen LogP contribution in [0.25, 0.3) is 21.6 Å². The van der Waals surface area contributed by atoms with Crippen molar-refractivity contribution in [1.29, 1.82) is 0 Å². The van der Waals surface area contributed by atoms with Crippen molar-refractivity contribution < 1.29 is 14.7 Å². The Balaban J connectivity index is 1.88. The molecule has 28 heavy (non-hydrogen) atoms. The molecule has 0 aliphatic carbocycles. The second-order valence-corrected chi connectivity index (χ2v) is 8.17. The molecule has 138 valence electrons. The van der Waals surface area contributed by atoms with E-state index >= 15 is 0 Å². The molecule has 0 bridgehead atoms. The number of aromatic nitrogens is 2. The van der Waals surface area contributed by atoms with Crippen LogP contribution in [-0.2, 0) is 9.59 Å². The average molecular weight is 456 g/mol. The van der Waals surface area contributed by atoms with Crippen LogP contribution in [0.5, 0.6) is 0 Å². The fourth-order valence-electron chi connectivity index (χ4n) is 3.48. The maximum absolute atomic E-state index is 13.2. The number of hydrogen-bond donors (Lipinski definition) is 1. The summed E-state index contributed by atoms with van der Waals surface area (Å²) in [5.74, 6) is -1.63. The molecule has 0 unspecified atom stereocenters. The molecular weight excluding hydrogens is 446 g/mol. The van der Waals surface area contributed by atoms with Gasteiger partial charge in [0.05, 0.1) is 22.3 Å². The molecule has 0 fully saturated rings. The molecule has 0 saturated carbocycles. The third-order valence-corrected chi connectivity index (χ3v) is 6.15. The second kappa shape index (κ2) is 5.98. The average Bonchev–Trinajstić information content (AvgIpc) is 3.25. The summed E-state index contributed by atoms with van der Waals surface area (Å²) in [6.45, 7) is -0.476. The minimum Gasteiger partial charge on any atom is -0.480 e. The monoisotopic (exact) mass is 455 g/mol. The summed E-state index contributed by atoms with van der Waals surface area (Å²) in [7, 11) is 0. The highest BCUT2D eigenvalue weighted by atomic mass is 79.9. The maximum Gasteiger partial charge on any atom is 0.323 e. The van der Waals surface area contributed by atoms with Crippen molar-refractivity contribution in [3.8, 4) is 0 Å². The fourth-order valence-corrected chi connectivity index (χ4v) is 4.92. The number of amides is 1. The Morgan fingerprint density at radius 1 is 1.18 bits per heavy atom. The minimum absolute atomic E-state index is 0.210. The third kappa shape index (κ3) is 2.33. The van der Waals surface area contributed by atoms with Gasteiger partial charge in [0.1, 0.15) is 11.1 Å². The zero-order valence-electron chi connectivity index (χ0n) is 14.0. The Kier molecular flexibility index (Phi) is 3.65. The van der Waals surface area contributed by atoms with Gasteiger partial charge in [-0.1, -0.05) is 39.4 Å². The quantitative estimate of drug-likeness (QED) is 0.499. The molecule has 0 saturated heterocycles. The number of carbonyl (C=O) groups is 2. The number of aliphatic carboxylic acids is 1. The molecule has 2 aromatic heterocycles. The van der Waals surface area contributed by atoms with Crippen LogP contribution >= 0.6 is 27.3 Å². The van der Waals surface area contributed by atoms with Gasteiger partial charge in [-0.3, -0.25) is 19.3 Å². The number of thiazole rings is 1. The lowest BCUT2D eigenvalue weighted by Crippen LogP contribution is -2.35. The first-order chi connectivity index (χ1) is 13.5. The molecule has 9 heteroatoms. The minimum atomic E-state index is -1.13. The summed E-state index contributed by atoms with van der Waals surface area (Å²) >= 11 is 4.52. The predicted molar refractivity (Wildman–Crippen MR) is 109 cm³/mol. The molecule has 4 aromatic rings. The van der Waals surface area contributed by atoms with E-state index in [1.54, 1.807) is 24.3 Å². The third-order valence-electron chi connectivity index (χ3n) is 4.62. The first kappa shape index (κ1) is 17.1. The van der Waals surface area contributed by atoms with Crippen LogP contribution in [0.2, 0.25) is 0 Å². The van der Waals surface area contributed by atoms with Crippen LogP contribution in [0, 0.1) is 0 Å². The number of halogens is 1. The topological polar surface area (TPSA) is 92.0 Å². The molecule has 3 heterocycles. The fraction of sp³-hybridized carbons (Fsp3) is 0.0526. The molecule has 1 aliphatic rings. The second-order valence-electron chi connectivity index (χ2n) is 6.28. The van der Waals surface area contributed by atoms with Crippen LogP contribution in [-0.4, -0.2) is 32.9 Å². The summed E-state index contributed by atoms with van der Waals surface area (Å²) in [4.78, 5) is 43.6. The van der Waals surface area contributed by atoms with Gasteiger partial charge in [0.25, 0.3) is 11.5 Å². The highest BCUT2D eigenvalue weighted by Gasteiger charge is 2.35. The first-order valence-corrected chi connectivity index (χ1v) is 9.84. The number of fused-ring (bicyclic) bond motifs is 4. The standard InChI is InChI=1S/C19H10BrN3O4S/c20-9-5-6-12-10(7-9)15(17(26)22(12)8-14(24)25)16-18(27)23-13-4-2-1-3-11(13)21-19(23)28-16/h1-7H,8H2,(H,24,25). The molecule has 1 N–H and O–H groups in total. The lowest BCUT2D eigenvalue weighted by molar-refractivity contribution is -0.136. The Labute approximate surface area is 169 Å². The Bertz CT molecular complexity index is 1440. The number of carboxylic acid groups (broad SMARTS) is 1. The molecule has 0 radical (unpaired) electrons. The van der Waals surface area contributed by atoms with E-state index in [9.17, 15) is 19.5 Å². The number of hydrogen-bond acceptors (Lipinski definition) is 5. The number of carboxylic acids is 1. The number of imidazole rings is 1. The molecule has 0 atom stereocenters. The summed E-state index contributed by atoms with van der Waals surface area (Å²) in [6, 6.07) is 12.4. The predicted octanol–water partition coefficient (Wildman–Crippen LogP) is 2.02. The van der Waals surface area contributed by atoms with Gasteiger partial charge in [0.15, 0.2) is 4.96 Å². The van der Waals surface area contributed by atoms with Crippen molar-refractivity contribution in [2.75, 3.05) is 11.4 Å². The summed E-state index contributed by atoms with van der Waals surface area (Å²) < 4.78 is 2.48. The SMILES string of the molecule is O=C(O)CN1C(=O)C(=c2sc3nc4ccccc4n3c2=O)c2cc(Br)ccc21. The van der Waals surface area contributed by atoms with Crippen LogP contribution in [0.3, 0.4) is 0 Å². The van der Waals surface area contributed by atoms with Crippen LogP contribution in [0.4, 0.5) is 5.69 Å². The molecular formula is C19H10BrN3O4S. The van der Waals surface area contributed by atoms with E-state index in [2.05, 4.69) is 20.9 Å². The van der Waals surface area contributed by atoms with Gasteiger partial charge in [0, 0.05) is 10.0 Å². The highest BCUT2D eigenvalue weighted by Crippen LogP contribution is 2.37. The van der Waals surface area contributed by atoms with E-state index in [0.29, 0.717) is 27.2 Å². The summed E-state index contributed by atoms with van der Waals surface area (Å²) in [6.07, 6.45) is 0. The van der Waals surface area contributed by atoms with E-state index in [0.717, 1.165) is 15.8 Å². The number of para-hydroxylation sites is 2. The van der Waals surface area contributed by atoms with Crippen molar-refractivity contribution in [2.45, 2.75) is 0 Å². The number of benzene rings is 2. The van der Waals surface area contributed by atoms with Crippen molar-refractivity contribution in [3.63, 3.8) is 0 Å². The summed E-state index contributed by atoms with van der Waals surface area (Å²) in [5.41, 5.74) is 2.26. The zero-order chi connectivity index (χ0) is 19.6. The lowest BCUT2D eigenvalue weighted by Gasteiger charge is -2.13. The molecule has 1 amide bonds. The van der Waals surface area contributed by atoms with E-state index in [4.69, 9.17) is 0 Å². The maximum atomic E-state index is 13.2. The molecule has 5 rings (SSSR count). The lowest BCUT2D eigenvalue weighted by atomic mass is 10.1. The van der Waals surface area contributed by atoms with Gasteiger partial charge in [-0.05, 0) is 30.3 Å². The van der Waals surface area contributed by atoms with Gasteiger partial charge >= 0.3 is 5.97 Å². The Morgan fingerprint density at radius 2 is 1.96 bits per heavy atom. The zero-order valence-corrected chi connectivity index (χ0v) is 16.5. The number of carbonyl (C=O) groups excluding carboxylic acids is 1. The van der Waals surface area contributed by atoms with Gasteiger partial charge in [0.2, 0.25) is 0 Å². The van der Waals surface area contributed by atoms with Gasteiger partial charge in [-0.25, -0.2) is 9.38 Å². The van der Waals surface area contributed by atoms with Crippen molar-refractivity contribution in [3.05, 3.63) is 67.4 Å². The van der Waals surface area contributed by atoms with Gasteiger partial charge < -0.3 is 5.11 Å². The van der Waals surface area contributed by atoms with E-state index in [-0.39, 0.29) is 15.7 Å². The van der Waals surface area contributed by atoms with Crippen LogP contribution in [0.15, 0.2) is 51.7 Å². The molecule has 0 spiro atoms. The molecule has 7 nitrogen and oxygen atoms in total. The van der Waals surface area contributed by atoms with Gasteiger partial charge in [-0.2, -0.15) is 0 Å². The van der Waals surface area contributed by atoms with Crippen molar-refractivity contribution >= 4 is 66.4 Å². The number of anilines is 1. The smallest absolute Gasteiger partial charge is 0.323 e. The molecule has 1 aliphatic heterocycles. The van der Waals surface area contributed by atoms with Crippen LogP contribution in [0.1, 0.15) is 5.56 Å². The van der Waals surface area contributed by atoms with E-state index in [1.807, 2.05) is 18.2 Å². The summed E-state index contributed by atoms with van der Waals surface area (Å²) in [5, 5.41) is 9.20. The normalized spacial score (nSPS) is 15.6. The number of rotatable bonds is 2. The molecule has 2 aromatic carbocycles. The van der Waals surface area contributed by atoms with Gasteiger partial charge in [-0.15, -0.1) is 0 Å². The number of nitrogens with zero attached hydrogens (tertiary/aromatic N) is 3. The van der Waals surface area contributed by atoms with Crippen molar-refractivity contribution in [1.82, 2.24) is 9.38 Å². The Morgan fingerprint density at radius 3 is 2.75 bits per heavy atom. The van der Waals surface area contributed by atoms with E-state index < -0.39 is 18.4 Å². The van der Waals surface area contributed by atoms with Crippen LogP contribution < -0.4 is 15.0 Å². The highest BCUT2D eigenvalue weighted by molar-refractivity contribution is 9.10. The Hall–Kier alpha value is -3.04. The first-order valence-electron chi connectivity index (χ1n) is 8.23.